The molecule has 2 aliphatic rings. The van der Waals surface area contributed by atoms with Gasteiger partial charge in [-0.15, -0.1) is 0 Å². The summed E-state index contributed by atoms with van der Waals surface area (Å²) in [5.74, 6) is 0. The van der Waals surface area contributed by atoms with Gasteiger partial charge in [-0.25, -0.2) is 0 Å². The number of benzene rings is 6. The van der Waals surface area contributed by atoms with Crippen molar-refractivity contribution in [2.75, 3.05) is 0 Å². The van der Waals surface area contributed by atoms with Gasteiger partial charge in [-0.2, -0.15) is 0 Å². The van der Waals surface area contributed by atoms with Crippen molar-refractivity contribution in [1.82, 2.24) is 0 Å². The lowest BCUT2D eigenvalue weighted by Crippen LogP contribution is -2.09. The van der Waals surface area contributed by atoms with Gasteiger partial charge in [0.2, 0.25) is 0 Å². The highest BCUT2D eigenvalue weighted by Gasteiger charge is 2.30. The van der Waals surface area contributed by atoms with Crippen molar-refractivity contribution in [2.45, 2.75) is 53.4 Å². The molecule has 50 heavy (non-hydrogen) atoms. The van der Waals surface area contributed by atoms with Gasteiger partial charge >= 0.3 is 0 Å². The van der Waals surface area contributed by atoms with E-state index in [1.165, 1.54) is 0 Å². The summed E-state index contributed by atoms with van der Waals surface area (Å²) in [5, 5.41) is 10.6. The molecule has 0 amide bonds. The molecule has 0 saturated heterocycles. The largest absolute Gasteiger partial charge is 0.289 e. The third-order valence-corrected chi connectivity index (χ3v) is 11.7. The summed E-state index contributed by atoms with van der Waals surface area (Å²) in [6, 6.07) is 24.0. The van der Waals surface area contributed by atoms with E-state index in [0.717, 1.165) is 90.2 Å². The zero-order valence-corrected chi connectivity index (χ0v) is 28.4. The SMILES string of the molecule is CCc1ccc2c(c1)c(=O)c1c2c2c3ccc(CC)c(=O)c-3cc2c2c3c(=O)c4cc(CC)ccc4c3c3c4ccc(CC)cc4c(=O)c3c12. The zero-order valence-electron chi connectivity index (χ0n) is 28.4. The van der Waals surface area contributed by atoms with E-state index in [1.807, 2.05) is 61.5 Å². The van der Waals surface area contributed by atoms with E-state index < -0.39 is 0 Å². The second-order valence-electron chi connectivity index (χ2n) is 14.0. The van der Waals surface area contributed by atoms with Crippen LogP contribution in [0.15, 0.2) is 92.0 Å². The molecule has 10 rings (SSSR count). The van der Waals surface area contributed by atoms with Crippen LogP contribution in [-0.4, -0.2) is 0 Å². The molecule has 0 unspecified atom stereocenters. The van der Waals surface area contributed by atoms with Crippen LogP contribution in [0.1, 0.15) is 49.9 Å². The number of hydrogen-bond acceptors (Lipinski definition) is 4. The molecule has 0 N–H and O–H groups in total. The molecule has 4 heteroatoms. The van der Waals surface area contributed by atoms with Crippen LogP contribution in [0, 0.1) is 0 Å². The number of rotatable bonds is 4. The third-order valence-electron chi connectivity index (χ3n) is 11.7. The quantitative estimate of drug-likeness (QED) is 0.191. The minimum Gasteiger partial charge on any atom is -0.289 e. The highest BCUT2D eigenvalue weighted by Crippen LogP contribution is 2.50. The van der Waals surface area contributed by atoms with E-state index in [9.17, 15) is 19.2 Å². The first kappa shape index (κ1) is 29.2. The van der Waals surface area contributed by atoms with Crippen molar-refractivity contribution < 1.29 is 0 Å². The van der Waals surface area contributed by atoms with Crippen LogP contribution in [0.3, 0.4) is 0 Å². The Morgan fingerprint density at radius 3 is 1.18 bits per heavy atom. The third kappa shape index (κ3) is 3.36. The van der Waals surface area contributed by atoms with Crippen LogP contribution in [0.2, 0.25) is 0 Å². The molecule has 0 fully saturated rings. The van der Waals surface area contributed by atoms with Crippen molar-refractivity contribution in [3.8, 4) is 11.1 Å². The molecule has 240 valence electrons. The zero-order chi connectivity index (χ0) is 34.3. The van der Waals surface area contributed by atoms with Gasteiger partial charge in [0.15, 0.2) is 21.7 Å². The number of hydrogen-bond donors (Lipinski definition) is 0. The predicted octanol–water partition coefficient (Wildman–Crippen LogP) is 9.46. The molecule has 0 aromatic heterocycles. The van der Waals surface area contributed by atoms with Crippen LogP contribution in [0.25, 0.3) is 97.3 Å². The van der Waals surface area contributed by atoms with Crippen LogP contribution in [0.4, 0.5) is 0 Å². The molecule has 0 heterocycles. The highest BCUT2D eigenvalue weighted by atomic mass is 16.1. The van der Waals surface area contributed by atoms with E-state index in [-0.39, 0.29) is 21.7 Å². The minimum atomic E-state index is -0.143. The minimum absolute atomic E-state index is 0.0374. The van der Waals surface area contributed by atoms with Crippen molar-refractivity contribution >= 4 is 86.2 Å². The predicted molar refractivity (Wildman–Crippen MR) is 210 cm³/mol. The molecule has 0 saturated carbocycles. The highest BCUT2D eigenvalue weighted by molar-refractivity contribution is 6.49. The molecule has 0 aliphatic heterocycles. The molecule has 2 aliphatic carbocycles. The Kier molecular flexibility index (Phi) is 5.79. The van der Waals surface area contributed by atoms with Crippen LogP contribution in [0.5, 0.6) is 0 Å². The Bertz CT molecular complexity index is 3320. The smallest absolute Gasteiger partial charge is 0.194 e. The second kappa shape index (κ2) is 9.92. The maximum atomic E-state index is 14.9. The lowest BCUT2D eigenvalue weighted by atomic mass is 9.90. The summed E-state index contributed by atoms with van der Waals surface area (Å²) < 4.78 is 0. The summed E-state index contributed by atoms with van der Waals surface area (Å²) in [7, 11) is 0. The topological polar surface area (TPSA) is 68.3 Å². The lowest BCUT2D eigenvalue weighted by molar-refractivity contribution is 1.12. The fourth-order valence-electron chi connectivity index (χ4n) is 9.18. The van der Waals surface area contributed by atoms with Crippen molar-refractivity contribution in [3.63, 3.8) is 0 Å². The van der Waals surface area contributed by atoms with Crippen LogP contribution >= 0.6 is 0 Å². The molecule has 4 nitrogen and oxygen atoms in total. The molecule has 0 radical (unpaired) electrons. The Balaban J connectivity index is 1.65. The van der Waals surface area contributed by atoms with Gasteiger partial charge in [0.25, 0.3) is 0 Å². The molecule has 0 spiro atoms. The summed E-state index contributed by atoms with van der Waals surface area (Å²) in [6.07, 6.45) is 2.92. The summed E-state index contributed by atoms with van der Waals surface area (Å²) in [6.45, 7) is 8.18. The molecular formula is C46H32O4. The van der Waals surface area contributed by atoms with Gasteiger partial charge in [-0.3, -0.25) is 19.2 Å². The monoisotopic (exact) mass is 648 g/mol. The van der Waals surface area contributed by atoms with E-state index in [1.54, 1.807) is 0 Å². The fraction of sp³-hybridized carbons (Fsp3) is 0.174. The first-order valence-corrected chi connectivity index (χ1v) is 17.8. The van der Waals surface area contributed by atoms with E-state index in [2.05, 4.69) is 39.0 Å². The molecule has 8 aromatic rings. The average Bonchev–Trinajstić information content (AvgIpc) is 3.85. The first-order chi connectivity index (χ1) is 24.3. The Labute approximate surface area is 285 Å². The second-order valence-corrected chi connectivity index (χ2v) is 14.0. The Morgan fingerprint density at radius 1 is 0.320 bits per heavy atom. The normalized spacial score (nSPS) is 12.6. The maximum Gasteiger partial charge on any atom is 0.194 e. The first-order valence-electron chi connectivity index (χ1n) is 17.8. The van der Waals surface area contributed by atoms with Gasteiger partial charge in [0, 0.05) is 64.8 Å². The summed E-state index contributed by atoms with van der Waals surface area (Å²) in [4.78, 5) is 58.8. The number of aryl methyl sites for hydroxylation is 4. The lowest BCUT2D eigenvalue weighted by Gasteiger charge is -2.10. The maximum absolute atomic E-state index is 14.9. The standard InChI is InChI=1S/C46H32O4/c1-5-21-9-13-26-29(17-21)45(49)41-35(26)34-25-16-12-24(8-4)43(47)32(25)20-33(34)38-39(41)42-37(28-15-11-23(7-3)19-31(28)46(42)50)36-27-14-10-22(6-2)18-30(27)44(48)40(36)38/h9-20H,5-8H2,1-4H3. The van der Waals surface area contributed by atoms with E-state index in [4.69, 9.17) is 0 Å². The summed E-state index contributed by atoms with van der Waals surface area (Å²) >= 11 is 0. The van der Waals surface area contributed by atoms with Gasteiger partial charge in [-0.1, -0.05) is 76.2 Å². The van der Waals surface area contributed by atoms with Crippen LogP contribution in [-0.2, 0) is 25.7 Å². The van der Waals surface area contributed by atoms with Gasteiger partial charge in [0.1, 0.15) is 0 Å². The van der Waals surface area contributed by atoms with Crippen LogP contribution < -0.4 is 21.7 Å². The molecule has 0 bridgehead atoms. The van der Waals surface area contributed by atoms with E-state index in [0.29, 0.717) is 55.1 Å². The molecular weight excluding hydrogens is 617 g/mol. The van der Waals surface area contributed by atoms with Crippen molar-refractivity contribution in [1.29, 1.82) is 0 Å². The van der Waals surface area contributed by atoms with Gasteiger partial charge in [0.05, 0.1) is 0 Å². The van der Waals surface area contributed by atoms with Crippen molar-refractivity contribution in [3.05, 3.63) is 136 Å². The Hall–Kier alpha value is -5.74. The number of fused-ring (bicyclic) bond motifs is 19. The average molecular weight is 649 g/mol. The van der Waals surface area contributed by atoms with Gasteiger partial charge < -0.3 is 0 Å². The molecule has 0 atom stereocenters. The Morgan fingerprint density at radius 2 is 0.740 bits per heavy atom. The fourth-order valence-corrected chi connectivity index (χ4v) is 9.18. The molecule has 8 aromatic carbocycles. The van der Waals surface area contributed by atoms with Crippen molar-refractivity contribution in [2.24, 2.45) is 0 Å². The van der Waals surface area contributed by atoms with E-state index >= 15 is 0 Å². The summed E-state index contributed by atoms with van der Waals surface area (Å²) in [5.41, 5.74) is 4.81. The van der Waals surface area contributed by atoms with Gasteiger partial charge in [-0.05, 0) is 105 Å².